The van der Waals surface area contributed by atoms with Crippen LogP contribution in [0.5, 0.6) is 0 Å². The predicted molar refractivity (Wildman–Crippen MR) is 111 cm³/mol. The number of nitrogens with zero attached hydrogens (tertiary/aromatic N) is 1. The molecule has 1 fully saturated rings. The van der Waals surface area contributed by atoms with Gasteiger partial charge in [0.15, 0.2) is 0 Å². The first-order chi connectivity index (χ1) is 13.0. The Hall–Kier alpha value is -1.42. The van der Waals surface area contributed by atoms with Gasteiger partial charge in [0.05, 0.1) is 0 Å². The second kappa shape index (κ2) is 9.18. The van der Waals surface area contributed by atoms with E-state index in [0.29, 0.717) is 19.6 Å². The van der Waals surface area contributed by atoms with E-state index in [2.05, 4.69) is 34.6 Å². The van der Waals surface area contributed by atoms with Crippen LogP contribution in [0.3, 0.4) is 0 Å². The van der Waals surface area contributed by atoms with E-state index in [1.54, 1.807) is 23.5 Å². The lowest BCUT2D eigenvalue weighted by atomic mass is 10.2. The van der Waals surface area contributed by atoms with Gasteiger partial charge in [0.1, 0.15) is 10.6 Å². The maximum atomic E-state index is 12.6. The summed E-state index contributed by atoms with van der Waals surface area (Å²) >= 11 is 3.42. The molecular formula is C18H23N3O3S3. The summed E-state index contributed by atoms with van der Waals surface area (Å²) in [7, 11) is -3.53. The average molecular weight is 426 g/mol. The lowest BCUT2D eigenvalue weighted by Gasteiger charge is -2.24. The van der Waals surface area contributed by atoms with E-state index in [4.69, 9.17) is 0 Å². The summed E-state index contributed by atoms with van der Waals surface area (Å²) in [5.74, 6) is 2.05. The molecule has 1 aromatic heterocycles. The van der Waals surface area contributed by atoms with Crippen molar-refractivity contribution in [1.82, 2.24) is 14.6 Å². The highest BCUT2D eigenvalue weighted by Crippen LogP contribution is 2.21. The Morgan fingerprint density at radius 1 is 1.26 bits per heavy atom. The molecule has 2 N–H and O–H groups in total. The Balaban J connectivity index is 1.51. The van der Waals surface area contributed by atoms with Gasteiger partial charge in [0.2, 0.25) is 10.0 Å². The van der Waals surface area contributed by atoms with Crippen molar-refractivity contribution in [3.63, 3.8) is 0 Å². The third-order valence-electron chi connectivity index (χ3n) is 4.19. The van der Waals surface area contributed by atoms with Crippen molar-refractivity contribution in [2.45, 2.75) is 16.7 Å². The number of H-pyrrole nitrogens is 1. The summed E-state index contributed by atoms with van der Waals surface area (Å²) in [5.41, 5.74) is 1.48. The Bertz CT molecular complexity index is 873. The topological polar surface area (TPSA) is 82.3 Å². The number of hydrogen-bond acceptors (Lipinski definition) is 5. The fourth-order valence-corrected chi connectivity index (χ4v) is 5.99. The van der Waals surface area contributed by atoms with Crippen molar-refractivity contribution < 1.29 is 13.2 Å². The van der Waals surface area contributed by atoms with Crippen LogP contribution in [0.15, 0.2) is 46.3 Å². The summed E-state index contributed by atoms with van der Waals surface area (Å²) in [5, 5.41) is 2.82. The van der Waals surface area contributed by atoms with E-state index < -0.39 is 10.0 Å². The number of rotatable bonds is 7. The first-order valence-corrected chi connectivity index (χ1v) is 12.3. The minimum atomic E-state index is -3.53. The van der Waals surface area contributed by atoms with Gasteiger partial charge in [0.25, 0.3) is 5.91 Å². The van der Waals surface area contributed by atoms with Gasteiger partial charge in [-0.15, -0.1) is 11.8 Å². The molecule has 2 aromatic rings. The van der Waals surface area contributed by atoms with Gasteiger partial charge in [-0.25, -0.2) is 8.42 Å². The van der Waals surface area contributed by atoms with Gasteiger partial charge in [0, 0.05) is 48.0 Å². The molecule has 0 radical (unpaired) electrons. The van der Waals surface area contributed by atoms with Gasteiger partial charge in [-0.2, -0.15) is 16.1 Å². The number of nitrogens with one attached hydrogen (secondary N) is 2. The van der Waals surface area contributed by atoms with Crippen LogP contribution in [0.1, 0.15) is 16.1 Å². The SMILES string of the molecule is Cc1ccc(SCCNC(=O)c2cc(S(=O)(=O)N3CCSCC3)c[nH]2)cc1. The monoisotopic (exact) mass is 425 g/mol. The van der Waals surface area contributed by atoms with Crippen LogP contribution in [0.25, 0.3) is 0 Å². The van der Waals surface area contributed by atoms with Crippen molar-refractivity contribution in [3.8, 4) is 0 Å². The predicted octanol–water partition coefficient (Wildman–Crippen LogP) is 2.58. The highest BCUT2D eigenvalue weighted by Gasteiger charge is 2.27. The zero-order valence-corrected chi connectivity index (χ0v) is 17.6. The Morgan fingerprint density at radius 2 is 1.96 bits per heavy atom. The summed E-state index contributed by atoms with van der Waals surface area (Å²) in [4.78, 5) is 16.3. The van der Waals surface area contributed by atoms with E-state index in [-0.39, 0.29) is 16.5 Å². The average Bonchev–Trinajstić information content (AvgIpc) is 3.18. The van der Waals surface area contributed by atoms with Crippen LogP contribution < -0.4 is 5.32 Å². The molecule has 0 bridgehead atoms. The lowest BCUT2D eigenvalue weighted by Crippen LogP contribution is -2.37. The number of aromatic amines is 1. The fraction of sp³-hybridized carbons (Fsp3) is 0.389. The molecule has 0 spiro atoms. The van der Waals surface area contributed by atoms with Gasteiger partial charge in [-0.1, -0.05) is 17.7 Å². The number of thioether (sulfide) groups is 2. The standard InChI is InChI=1S/C18H23N3O3S3/c1-14-2-4-15(5-3-14)26-9-6-19-18(22)17-12-16(13-20-17)27(23,24)21-7-10-25-11-8-21/h2-5,12-13,20H,6-11H2,1H3,(H,19,22). The molecule has 1 saturated heterocycles. The van der Waals surface area contributed by atoms with Crippen LogP contribution in [-0.2, 0) is 10.0 Å². The van der Waals surface area contributed by atoms with Crippen LogP contribution in [0.2, 0.25) is 0 Å². The lowest BCUT2D eigenvalue weighted by molar-refractivity contribution is 0.0952. The fourth-order valence-electron chi connectivity index (χ4n) is 2.65. The van der Waals surface area contributed by atoms with Crippen LogP contribution in [0, 0.1) is 6.92 Å². The normalized spacial score (nSPS) is 15.6. The third-order valence-corrected chi connectivity index (χ3v) is 8.02. The maximum Gasteiger partial charge on any atom is 0.267 e. The quantitative estimate of drug-likeness (QED) is 0.526. The Morgan fingerprint density at radius 3 is 2.67 bits per heavy atom. The molecule has 0 saturated carbocycles. The minimum absolute atomic E-state index is 0.147. The van der Waals surface area contributed by atoms with Crippen molar-refractivity contribution in [3.05, 3.63) is 47.8 Å². The summed E-state index contributed by atoms with van der Waals surface area (Å²) in [6.07, 6.45) is 1.40. The molecule has 9 heteroatoms. The van der Waals surface area contributed by atoms with Crippen LogP contribution in [-0.4, -0.2) is 60.5 Å². The maximum absolute atomic E-state index is 12.6. The van der Waals surface area contributed by atoms with E-state index in [0.717, 1.165) is 22.2 Å². The van der Waals surface area contributed by atoms with E-state index in [9.17, 15) is 13.2 Å². The summed E-state index contributed by atoms with van der Waals surface area (Å²) < 4.78 is 26.7. The molecule has 6 nitrogen and oxygen atoms in total. The summed E-state index contributed by atoms with van der Waals surface area (Å²) in [6, 6.07) is 9.65. The highest BCUT2D eigenvalue weighted by atomic mass is 32.2. The number of carbonyl (C=O) groups is 1. The van der Waals surface area contributed by atoms with E-state index in [1.165, 1.54) is 22.1 Å². The van der Waals surface area contributed by atoms with Crippen LogP contribution in [0.4, 0.5) is 0 Å². The number of aryl methyl sites for hydroxylation is 1. The third kappa shape index (κ3) is 5.31. The molecule has 146 valence electrons. The number of benzene rings is 1. The van der Waals surface area contributed by atoms with Gasteiger partial charge >= 0.3 is 0 Å². The highest BCUT2D eigenvalue weighted by molar-refractivity contribution is 7.99. The molecule has 3 rings (SSSR count). The second-order valence-electron chi connectivity index (χ2n) is 6.18. The Kier molecular flexibility index (Phi) is 6.91. The number of carbonyl (C=O) groups excluding carboxylic acids is 1. The van der Waals surface area contributed by atoms with E-state index >= 15 is 0 Å². The molecule has 1 amide bonds. The zero-order chi connectivity index (χ0) is 19.3. The first kappa shape index (κ1) is 20.3. The zero-order valence-electron chi connectivity index (χ0n) is 15.1. The minimum Gasteiger partial charge on any atom is -0.356 e. The number of hydrogen-bond donors (Lipinski definition) is 2. The smallest absolute Gasteiger partial charge is 0.267 e. The van der Waals surface area contributed by atoms with Gasteiger partial charge < -0.3 is 10.3 Å². The molecule has 1 aliphatic heterocycles. The number of aromatic nitrogens is 1. The van der Waals surface area contributed by atoms with Crippen LogP contribution >= 0.6 is 23.5 Å². The number of amides is 1. The molecule has 0 atom stereocenters. The van der Waals surface area contributed by atoms with Crippen molar-refractivity contribution >= 4 is 39.5 Å². The molecular weight excluding hydrogens is 402 g/mol. The van der Waals surface area contributed by atoms with Crippen molar-refractivity contribution in [1.29, 1.82) is 0 Å². The molecule has 2 heterocycles. The molecule has 0 aliphatic carbocycles. The van der Waals surface area contributed by atoms with Crippen molar-refractivity contribution in [2.75, 3.05) is 36.9 Å². The molecule has 1 aromatic carbocycles. The Labute approximate surface area is 168 Å². The molecule has 0 unspecified atom stereocenters. The second-order valence-corrected chi connectivity index (χ2v) is 10.5. The van der Waals surface area contributed by atoms with Crippen molar-refractivity contribution in [2.24, 2.45) is 0 Å². The van der Waals surface area contributed by atoms with Gasteiger partial charge in [-0.05, 0) is 25.1 Å². The summed E-state index contributed by atoms with van der Waals surface area (Å²) in [6.45, 7) is 3.57. The largest absolute Gasteiger partial charge is 0.356 e. The van der Waals surface area contributed by atoms with Gasteiger partial charge in [-0.3, -0.25) is 4.79 Å². The molecule has 1 aliphatic rings. The molecule has 27 heavy (non-hydrogen) atoms. The van der Waals surface area contributed by atoms with E-state index in [1.807, 2.05) is 6.92 Å². The number of sulfonamides is 1. The first-order valence-electron chi connectivity index (χ1n) is 8.71.